The number of rotatable bonds is 5. The van der Waals surface area contributed by atoms with Gasteiger partial charge in [-0.2, -0.15) is 0 Å². The molecule has 1 aromatic carbocycles. The van der Waals surface area contributed by atoms with E-state index >= 15 is 0 Å². The fraction of sp³-hybridized carbons (Fsp3) is 0.200. The molecule has 0 aliphatic rings. The van der Waals surface area contributed by atoms with E-state index < -0.39 is 17.0 Å². The lowest BCUT2D eigenvalue weighted by Crippen LogP contribution is -2.14. The molecule has 0 unspecified atom stereocenters. The van der Waals surface area contributed by atoms with Crippen LogP contribution >= 0.6 is 11.3 Å². The first-order chi connectivity index (χ1) is 11.3. The number of nitro groups is 1. The van der Waals surface area contributed by atoms with E-state index in [9.17, 15) is 24.8 Å². The van der Waals surface area contributed by atoms with Gasteiger partial charge in [0.1, 0.15) is 5.00 Å². The van der Waals surface area contributed by atoms with E-state index in [4.69, 9.17) is 4.74 Å². The third kappa shape index (κ3) is 3.51. The molecule has 0 fully saturated rings. The highest BCUT2D eigenvalue weighted by Crippen LogP contribution is 2.40. The van der Waals surface area contributed by atoms with E-state index in [1.54, 1.807) is 13.8 Å². The van der Waals surface area contributed by atoms with E-state index in [0.29, 0.717) is 16.0 Å². The Labute approximate surface area is 140 Å². The molecule has 1 amide bonds. The minimum atomic E-state index is -1.18. The monoisotopic (exact) mass is 350 g/mol. The van der Waals surface area contributed by atoms with Gasteiger partial charge >= 0.3 is 12.1 Å². The Bertz CT molecular complexity index is 797. The van der Waals surface area contributed by atoms with Crippen LogP contribution in [0.4, 0.5) is 15.5 Å². The zero-order valence-electron chi connectivity index (χ0n) is 12.9. The fourth-order valence-electron chi connectivity index (χ4n) is 2.13. The van der Waals surface area contributed by atoms with Gasteiger partial charge in [-0.1, -0.05) is 0 Å². The van der Waals surface area contributed by atoms with Gasteiger partial charge in [-0.05, 0) is 37.1 Å². The molecule has 24 heavy (non-hydrogen) atoms. The molecular weight excluding hydrogens is 336 g/mol. The Kier molecular flexibility index (Phi) is 5.14. The van der Waals surface area contributed by atoms with Crippen molar-refractivity contribution in [3.05, 3.63) is 45.5 Å². The van der Waals surface area contributed by atoms with Crippen LogP contribution in [0.15, 0.2) is 24.3 Å². The van der Waals surface area contributed by atoms with Gasteiger partial charge in [-0.3, -0.25) is 15.4 Å². The molecule has 0 saturated heterocycles. The van der Waals surface area contributed by atoms with Crippen LogP contribution in [-0.2, 0) is 4.74 Å². The average molecular weight is 350 g/mol. The number of nitro benzene ring substituents is 1. The smallest absolute Gasteiger partial charge is 0.412 e. The molecule has 0 atom stereocenters. The number of non-ortho nitro benzene ring substituents is 1. The van der Waals surface area contributed by atoms with Crippen LogP contribution in [-0.4, -0.2) is 28.7 Å². The molecule has 1 aromatic heterocycles. The molecule has 9 heteroatoms. The van der Waals surface area contributed by atoms with E-state index in [2.05, 4.69) is 5.32 Å². The Balaban J connectivity index is 2.45. The lowest BCUT2D eigenvalue weighted by molar-refractivity contribution is -0.384. The minimum absolute atomic E-state index is 0.0265. The summed E-state index contributed by atoms with van der Waals surface area (Å²) >= 11 is 1.07. The van der Waals surface area contributed by atoms with Crippen LogP contribution in [0, 0.1) is 17.0 Å². The number of anilines is 1. The molecule has 0 aliphatic heterocycles. The zero-order valence-corrected chi connectivity index (χ0v) is 13.7. The van der Waals surface area contributed by atoms with Gasteiger partial charge in [-0.15, -0.1) is 11.3 Å². The van der Waals surface area contributed by atoms with Crippen molar-refractivity contribution < 1.29 is 24.4 Å². The number of nitrogens with one attached hydrogen (secondary N) is 1. The number of thiophene rings is 1. The maximum absolute atomic E-state index is 11.6. The maximum Gasteiger partial charge on any atom is 0.412 e. The summed E-state index contributed by atoms with van der Waals surface area (Å²) in [4.78, 5) is 33.9. The molecule has 0 radical (unpaired) electrons. The number of carbonyl (C=O) groups is 2. The van der Waals surface area contributed by atoms with Gasteiger partial charge in [0.25, 0.3) is 5.69 Å². The summed E-state index contributed by atoms with van der Waals surface area (Å²) in [6.45, 7) is 3.42. The normalized spacial score (nSPS) is 10.2. The molecule has 1 heterocycles. The molecule has 0 saturated carbocycles. The molecule has 2 rings (SSSR count). The molecule has 126 valence electrons. The second-order valence-corrected chi connectivity index (χ2v) is 5.74. The molecule has 8 nitrogen and oxygen atoms in total. The summed E-state index contributed by atoms with van der Waals surface area (Å²) in [7, 11) is 0. The van der Waals surface area contributed by atoms with Gasteiger partial charge in [0.05, 0.1) is 17.1 Å². The number of nitrogens with zero attached hydrogens (tertiary/aromatic N) is 1. The maximum atomic E-state index is 11.6. The first kappa shape index (κ1) is 17.4. The van der Waals surface area contributed by atoms with Crippen molar-refractivity contribution in [1.29, 1.82) is 0 Å². The van der Waals surface area contributed by atoms with Gasteiger partial charge in [0, 0.05) is 17.0 Å². The third-order valence-corrected chi connectivity index (χ3v) is 4.45. The van der Waals surface area contributed by atoms with Gasteiger partial charge < -0.3 is 9.84 Å². The van der Waals surface area contributed by atoms with Crippen LogP contribution in [0.2, 0.25) is 0 Å². The minimum Gasteiger partial charge on any atom is -0.478 e. The molecule has 2 N–H and O–H groups in total. The standard InChI is InChI=1S/C15H14N2O6S/c1-3-23-15(20)16-13-11(14(18)19)8(2)12(24-13)9-4-6-10(7-5-9)17(21)22/h4-7H,3H2,1-2H3,(H,16,20)(H,18,19). The van der Waals surface area contributed by atoms with Crippen molar-refractivity contribution in [1.82, 2.24) is 0 Å². The highest BCUT2D eigenvalue weighted by molar-refractivity contribution is 7.20. The molecular formula is C15H14N2O6S. The van der Waals surface area contributed by atoms with Crippen LogP contribution < -0.4 is 5.32 Å². The molecule has 0 bridgehead atoms. The lowest BCUT2D eigenvalue weighted by Gasteiger charge is -2.03. The summed E-state index contributed by atoms with van der Waals surface area (Å²) < 4.78 is 4.77. The number of carbonyl (C=O) groups excluding carboxylic acids is 1. The average Bonchev–Trinajstić information content (AvgIpc) is 2.84. The number of carboxylic acids is 1. The Morgan fingerprint density at radius 2 is 1.96 bits per heavy atom. The first-order valence-corrected chi connectivity index (χ1v) is 7.72. The van der Waals surface area contributed by atoms with E-state index in [0.717, 1.165) is 11.3 Å². The summed E-state index contributed by atoms with van der Waals surface area (Å²) in [5.41, 5.74) is 1.01. The van der Waals surface area contributed by atoms with Crippen molar-refractivity contribution >= 4 is 34.1 Å². The second-order valence-electron chi connectivity index (χ2n) is 4.71. The summed E-state index contributed by atoms with van der Waals surface area (Å²) in [5, 5.41) is 22.7. The largest absolute Gasteiger partial charge is 0.478 e. The van der Waals surface area contributed by atoms with Crippen LogP contribution in [0.1, 0.15) is 22.8 Å². The van der Waals surface area contributed by atoms with E-state index in [-0.39, 0.29) is 22.9 Å². The Morgan fingerprint density at radius 3 is 2.46 bits per heavy atom. The quantitative estimate of drug-likeness (QED) is 0.623. The number of hydrogen-bond acceptors (Lipinski definition) is 6. The predicted molar refractivity (Wildman–Crippen MR) is 88.8 cm³/mol. The number of hydrogen-bond donors (Lipinski definition) is 2. The molecule has 2 aromatic rings. The number of ether oxygens (including phenoxy) is 1. The SMILES string of the molecule is CCOC(=O)Nc1sc(-c2ccc([N+](=O)[O-])cc2)c(C)c1C(=O)O. The van der Waals surface area contributed by atoms with Crippen molar-refractivity contribution in [2.24, 2.45) is 0 Å². The number of benzene rings is 1. The van der Waals surface area contributed by atoms with Gasteiger partial charge in [0.15, 0.2) is 0 Å². The van der Waals surface area contributed by atoms with Crippen LogP contribution in [0.25, 0.3) is 10.4 Å². The van der Waals surface area contributed by atoms with Gasteiger partial charge in [-0.25, -0.2) is 9.59 Å². The highest BCUT2D eigenvalue weighted by Gasteiger charge is 2.23. The zero-order chi connectivity index (χ0) is 17.9. The summed E-state index contributed by atoms with van der Waals surface area (Å²) in [6.07, 6.45) is -0.739. The van der Waals surface area contributed by atoms with E-state index in [1.807, 2.05) is 0 Å². The van der Waals surface area contributed by atoms with Crippen molar-refractivity contribution in [2.75, 3.05) is 11.9 Å². The fourth-order valence-corrected chi connectivity index (χ4v) is 3.32. The number of carboxylic acid groups (broad SMARTS) is 1. The topological polar surface area (TPSA) is 119 Å². The van der Waals surface area contributed by atoms with Crippen molar-refractivity contribution in [3.8, 4) is 10.4 Å². The molecule has 0 aliphatic carbocycles. The highest BCUT2D eigenvalue weighted by atomic mass is 32.1. The van der Waals surface area contributed by atoms with Crippen molar-refractivity contribution in [2.45, 2.75) is 13.8 Å². The van der Waals surface area contributed by atoms with Crippen LogP contribution in [0.5, 0.6) is 0 Å². The third-order valence-electron chi connectivity index (χ3n) is 3.19. The summed E-state index contributed by atoms with van der Waals surface area (Å²) in [5.74, 6) is -1.18. The number of amides is 1. The van der Waals surface area contributed by atoms with Crippen molar-refractivity contribution in [3.63, 3.8) is 0 Å². The van der Waals surface area contributed by atoms with E-state index in [1.165, 1.54) is 24.3 Å². The van der Waals surface area contributed by atoms with Gasteiger partial charge in [0.2, 0.25) is 0 Å². The number of aromatic carboxylic acids is 1. The summed E-state index contributed by atoms with van der Waals surface area (Å²) in [6, 6.07) is 5.76. The first-order valence-electron chi connectivity index (χ1n) is 6.90. The van der Waals surface area contributed by atoms with Crippen LogP contribution in [0.3, 0.4) is 0 Å². The second kappa shape index (κ2) is 7.09. The Hall–Kier alpha value is -2.94. The Morgan fingerprint density at radius 1 is 1.33 bits per heavy atom. The molecule has 0 spiro atoms. The predicted octanol–water partition coefficient (Wildman–Crippen LogP) is 3.90. The lowest BCUT2D eigenvalue weighted by atomic mass is 10.1.